The van der Waals surface area contributed by atoms with E-state index in [-0.39, 0.29) is 6.29 Å². The molecular formula is C40H65N5O25. The number of carbonyl (C=O) groups excluding carboxylic acids is 5. The van der Waals surface area contributed by atoms with Crippen molar-refractivity contribution in [3.63, 3.8) is 0 Å². The predicted octanol–water partition coefficient (Wildman–Crippen LogP) is -9.75. The minimum absolute atomic E-state index is 0.240. The van der Waals surface area contributed by atoms with Crippen LogP contribution in [0.2, 0.25) is 0 Å². The summed E-state index contributed by atoms with van der Waals surface area (Å²) in [6.45, 7) is 3.44. The number of rotatable bonds is 19. The summed E-state index contributed by atoms with van der Waals surface area (Å²) in [4.78, 5) is 76.0. The Balaban J connectivity index is 1.47. The third-order valence-electron chi connectivity index (χ3n) is 12.4. The minimum Gasteiger partial charge on any atom is -0.479 e. The van der Waals surface area contributed by atoms with Gasteiger partial charge in [0.15, 0.2) is 37.6 Å². The number of aliphatic hydroxyl groups is 9. The van der Waals surface area contributed by atoms with Crippen molar-refractivity contribution in [1.82, 2.24) is 26.6 Å². The average molecular weight is 1020 g/mol. The van der Waals surface area contributed by atoms with Crippen molar-refractivity contribution in [3.8, 4) is 0 Å². The number of nitrogens with one attached hydrogen (secondary N) is 5. The third kappa shape index (κ3) is 12.9. The fourth-order valence-electron chi connectivity index (χ4n) is 9.09. The maximum absolute atomic E-state index is 13.1. The van der Waals surface area contributed by atoms with Crippen LogP contribution in [0.15, 0.2) is 0 Å². The van der Waals surface area contributed by atoms with Gasteiger partial charge in [0.25, 0.3) is 0 Å². The average Bonchev–Trinajstić information content (AvgIpc) is 3.59. The Kier molecular flexibility index (Phi) is 20.2. The largest absolute Gasteiger partial charge is 0.479 e. The molecule has 25 atom stereocenters. The molecule has 400 valence electrons. The molecule has 0 saturated carbocycles. The van der Waals surface area contributed by atoms with Gasteiger partial charge in [-0.05, 0) is 14.0 Å². The molecule has 5 saturated heterocycles. The zero-order chi connectivity index (χ0) is 52.0. The summed E-state index contributed by atoms with van der Waals surface area (Å²) in [5.74, 6) is -4.72. The number of hydrogen-bond acceptors (Lipinski definition) is 25. The van der Waals surface area contributed by atoms with Gasteiger partial charge in [0.1, 0.15) is 104 Å². The molecular weight excluding hydrogens is 950 g/mol. The van der Waals surface area contributed by atoms with Crippen molar-refractivity contribution in [2.45, 2.75) is 188 Å². The fraction of sp³-hybridized carbons (Fsp3) is 0.850. The second-order valence-electron chi connectivity index (χ2n) is 17.5. The van der Waals surface area contributed by atoms with Crippen LogP contribution in [-0.2, 0) is 71.4 Å². The maximum Gasteiger partial charge on any atom is 0.335 e. The number of amides is 4. The first kappa shape index (κ1) is 57.2. The Hall–Kier alpha value is -3.74. The van der Waals surface area contributed by atoms with E-state index in [2.05, 4.69) is 26.6 Å². The number of aliphatic carboxylic acids is 1. The predicted molar refractivity (Wildman–Crippen MR) is 223 cm³/mol. The Morgan fingerprint density at radius 1 is 0.586 bits per heavy atom. The molecule has 2 unspecified atom stereocenters. The molecule has 30 heteroatoms. The molecule has 0 spiro atoms. The number of aldehydes is 1. The number of likely N-dealkylation sites (N-methyl/N-ethyl adjacent to an activating group) is 1. The molecule has 0 aliphatic carbocycles. The minimum atomic E-state index is -2.14. The van der Waals surface area contributed by atoms with Crippen LogP contribution < -0.4 is 26.6 Å². The number of carboxylic acids is 1. The first-order valence-electron chi connectivity index (χ1n) is 22.2. The summed E-state index contributed by atoms with van der Waals surface area (Å²) < 4.78 is 53.6. The maximum atomic E-state index is 13.1. The van der Waals surface area contributed by atoms with E-state index in [0.717, 1.165) is 27.7 Å². The summed E-state index contributed by atoms with van der Waals surface area (Å²) in [7, 11) is 1.49. The highest BCUT2D eigenvalue weighted by Crippen LogP contribution is 2.35. The molecule has 70 heavy (non-hydrogen) atoms. The van der Waals surface area contributed by atoms with E-state index in [4.69, 9.17) is 42.6 Å². The van der Waals surface area contributed by atoms with Crippen molar-refractivity contribution in [2.24, 2.45) is 0 Å². The third-order valence-corrected chi connectivity index (χ3v) is 12.4. The summed E-state index contributed by atoms with van der Waals surface area (Å²) >= 11 is 0. The Morgan fingerprint density at radius 2 is 1.14 bits per heavy atom. The molecule has 5 fully saturated rings. The lowest BCUT2D eigenvalue weighted by atomic mass is 9.91. The smallest absolute Gasteiger partial charge is 0.335 e. The fourth-order valence-corrected chi connectivity index (χ4v) is 9.09. The zero-order valence-corrected chi connectivity index (χ0v) is 38.7. The van der Waals surface area contributed by atoms with Crippen molar-refractivity contribution in [1.29, 1.82) is 0 Å². The summed E-state index contributed by atoms with van der Waals surface area (Å²) in [5.41, 5.74) is 0. The highest BCUT2D eigenvalue weighted by atomic mass is 16.8. The quantitative estimate of drug-likeness (QED) is 0.0534. The Morgan fingerprint density at radius 3 is 1.70 bits per heavy atom. The molecule has 0 aromatic carbocycles. The topological polar surface area (TPSA) is 448 Å². The molecule has 5 aliphatic rings. The van der Waals surface area contributed by atoms with E-state index in [1.807, 2.05) is 0 Å². The van der Waals surface area contributed by atoms with E-state index >= 15 is 0 Å². The van der Waals surface area contributed by atoms with E-state index in [0.29, 0.717) is 0 Å². The summed E-state index contributed by atoms with van der Waals surface area (Å²) in [6, 6.07) is -7.15. The summed E-state index contributed by atoms with van der Waals surface area (Å²) in [5, 5.41) is 118. The van der Waals surface area contributed by atoms with E-state index in [9.17, 15) is 79.8 Å². The first-order valence-corrected chi connectivity index (χ1v) is 22.2. The normalized spacial score (nSPS) is 43.6. The Labute approximate surface area is 399 Å². The van der Waals surface area contributed by atoms with Gasteiger partial charge in [-0.3, -0.25) is 19.2 Å². The number of carbonyl (C=O) groups is 6. The Bertz CT molecular complexity index is 1810. The van der Waals surface area contributed by atoms with Gasteiger partial charge in [-0.15, -0.1) is 0 Å². The van der Waals surface area contributed by atoms with Crippen LogP contribution >= 0.6 is 0 Å². The van der Waals surface area contributed by atoms with E-state index in [1.54, 1.807) is 6.92 Å². The van der Waals surface area contributed by atoms with Crippen molar-refractivity contribution < 1.29 is 122 Å². The number of aliphatic hydroxyl groups excluding tert-OH is 9. The van der Waals surface area contributed by atoms with Crippen LogP contribution in [0.1, 0.15) is 34.6 Å². The number of ether oxygens (including phenoxy) is 9. The van der Waals surface area contributed by atoms with Crippen molar-refractivity contribution in [3.05, 3.63) is 0 Å². The summed E-state index contributed by atoms with van der Waals surface area (Å²) in [6.07, 6.45) is -34.1. The number of carboxylic acid groups (broad SMARTS) is 1. The van der Waals surface area contributed by atoms with Crippen LogP contribution in [0.4, 0.5) is 0 Å². The molecule has 0 aromatic rings. The van der Waals surface area contributed by atoms with Gasteiger partial charge < -0.3 is 125 Å². The highest BCUT2D eigenvalue weighted by molar-refractivity contribution is 5.77. The zero-order valence-electron chi connectivity index (χ0n) is 38.7. The van der Waals surface area contributed by atoms with Gasteiger partial charge in [-0.1, -0.05) is 0 Å². The van der Waals surface area contributed by atoms with Gasteiger partial charge >= 0.3 is 5.97 Å². The molecule has 5 aliphatic heterocycles. The van der Waals surface area contributed by atoms with Crippen LogP contribution in [0.5, 0.6) is 0 Å². The first-order chi connectivity index (χ1) is 33.0. The molecule has 5 rings (SSSR count). The van der Waals surface area contributed by atoms with Gasteiger partial charge in [-0.25, -0.2) is 4.79 Å². The lowest BCUT2D eigenvalue weighted by molar-refractivity contribution is -0.332. The van der Waals surface area contributed by atoms with Crippen molar-refractivity contribution in [2.75, 3.05) is 26.9 Å². The van der Waals surface area contributed by atoms with Crippen LogP contribution in [0.3, 0.4) is 0 Å². The van der Waals surface area contributed by atoms with Gasteiger partial charge in [0.2, 0.25) is 23.6 Å². The molecule has 4 amide bonds. The lowest BCUT2D eigenvalue weighted by Gasteiger charge is -2.51. The van der Waals surface area contributed by atoms with Crippen LogP contribution in [-0.4, -0.2) is 267 Å². The van der Waals surface area contributed by atoms with Crippen LogP contribution in [0.25, 0.3) is 0 Å². The van der Waals surface area contributed by atoms with Crippen molar-refractivity contribution >= 4 is 35.9 Å². The van der Waals surface area contributed by atoms with Gasteiger partial charge in [0.05, 0.1) is 38.0 Å². The SMILES string of the molecule is CN[C@H]1[C@H](O[C@@H]2O[C@H](C(=O)O)[C@@H](OC3O[C@H](CO)[C@@H](O)[C@H](O)[C@H]3NC(C)=O)[C@H](NC(C)=O)[C@@H]2NC(C)=O)[C@@H](NC(C)=O)[C@@H](OC[C@H]2O[C@H](C=O)[C@@H](O)[C@@H]2OC2O[C@H]([C@@H](O)CO)[C@@H](O)[C@H](O)[C@@H]2O)O[C@@H]1C. The standard InChI is InChI=1S/C40H65N5O25/c1-11-20(41-6)33(24(45-15(5)52)37(63-11)62-10-19-32(26(55)18(9-48)64-19)67-40-30(59)28(57)29(58)31(66-40)16(53)7-46)68-38-22(43-13(3)50)21(42-12(2)49)34(35(70-38)36(60)61)69-39-23(44-14(4)51)27(56)25(54)17(8-47)65-39/h9,11,16-35,37-41,46-47,53-59H,7-8,10H2,1-6H3,(H,42,49)(H,43,50)(H,44,51)(H,45,52)(H,60,61)/t11-,16+,17-,18-,19-,20-,21-,22+,23-,24-,25-,26-,27-,28+,29+,30+,31-,32-,33+,34+,35+,37+,38-,39?,40?/m1/s1. The second-order valence-corrected chi connectivity index (χ2v) is 17.5. The number of hydrogen-bond donors (Lipinski definition) is 15. The van der Waals surface area contributed by atoms with Gasteiger partial charge in [-0.2, -0.15) is 0 Å². The lowest BCUT2D eigenvalue weighted by Crippen LogP contribution is -2.74. The molecule has 5 heterocycles. The van der Waals surface area contributed by atoms with Gasteiger partial charge in [0, 0.05) is 27.7 Å². The van der Waals surface area contributed by atoms with E-state index in [1.165, 1.54) is 7.05 Å². The molecule has 0 aromatic heterocycles. The second kappa shape index (κ2) is 24.8. The molecule has 0 radical (unpaired) electrons. The molecule has 0 bridgehead atoms. The molecule has 30 nitrogen and oxygen atoms in total. The van der Waals surface area contributed by atoms with E-state index < -0.39 is 202 Å². The monoisotopic (exact) mass is 1020 g/mol. The highest BCUT2D eigenvalue weighted by Gasteiger charge is 2.58. The molecule has 15 N–H and O–H groups in total. The van der Waals surface area contributed by atoms with Crippen LogP contribution in [0, 0.1) is 0 Å².